The third kappa shape index (κ3) is 4.28. The number of carbonyl (C=O) groups excluding carboxylic acids is 1. The third-order valence-electron chi connectivity index (χ3n) is 4.99. The summed E-state index contributed by atoms with van der Waals surface area (Å²) >= 11 is 0. The average Bonchev–Trinajstić information content (AvgIpc) is 2.75. The van der Waals surface area contributed by atoms with Crippen molar-refractivity contribution in [1.82, 2.24) is 4.98 Å². The maximum absolute atomic E-state index is 13.2. The third-order valence-corrected chi connectivity index (χ3v) is 4.99. The minimum atomic E-state index is -0.257. The largest absolute Gasteiger partial charge is 0.320 e. The molecule has 0 fully saturated rings. The van der Waals surface area contributed by atoms with E-state index in [0.29, 0.717) is 17.7 Å². The molecule has 0 aliphatic rings. The Balaban J connectivity index is 1.59. The van der Waals surface area contributed by atoms with Gasteiger partial charge in [0.05, 0.1) is 11.2 Å². The highest BCUT2D eigenvalue weighted by molar-refractivity contribution is 6.09. The zero-order valence-corrected chi connectivity index (χ0v) is 16.6. The van der Waals surface area contributed by atoms with Crippen LogP contribution in [0.5, 0.6) is 0 Å². The fraction of sp³-hybridized carbons (Fsp3) is 0.0769. The van der Waals surface area contributed by atoms with Crippen LogP contribution in [-0.4, -0.2) is 10.9 Å². The number of hydrogen-bond donors (Lipinski definition) is 1. The Labute approximate surface area is 174 Å². The van der Waals surface area contributed by atoms with Gasteiger partial charge in [-0.25, -0.2) is 4.39 Å². The van der Waals surface area contributed by atoms with Gasteiger partial charge in [0.2, 0.25) is 0 Å². The van der Waals surface area contributed by atoms with Gasteiger partial charge < -0.3 is 5.32 Å². The fourth-order valence-electron chi connectivity index (χ4n) is 3.51. The molecule has 0 saturated carbocycles. The van der Waals surface area contributed by atoms with E-state index in [2.05, 4.69) is 10.3 Å². The van der Waals surface area contributed by atoms with E-state index in [1.165, 1.54) is 12.1 Å². The number of benzene rings is 3. The van der Waals surface area contributed by atoms with Gasteiger partial charge in [-0.2, -0.15) is 0 Å². The highest BCUT2D eigenvalue weighted by Gasteiger charge is 2.15. The molecule has 0 aliphatic carbocycles. The van der Waals surface area contributed by atoms with Gasteiger partial charge in [0.25, 0.3) is 5.91 Å². The summed E-state index contributed by atoms with van der Waals surface area (Å²) in [5.41, 5.74) is 4.87. The Kier molecular flexibility index (Phi) is 5.66. The predicted molar refractivity (Wildman–Crippen MR) is 120 cm³/mol. The number of carbonyl (C=O) groups is 1. The van der Waals surface area contributed by atoms with E-state index >= 15 is 0 Å². The highest BCUT2D eigenvalue weighted by atomic mass is 19.1. The first kappa shape index (κ1) is 19.5. The quantitative estimate of drug-likeness (QED) is 0.437. The van der Waals surface area contributed by atoms with Crippen LogP contribution in [0.4, 0.5) is 10.1 Å². The number of nitrogens with one attached hydrogen (secondary N) is 1. The summed E-state index contributed by atoms with van der Waals surface area (Å²) in [6.07, 6.45) is 6.23. The summed E-state index contributed by atoms with van der Waals surface area (Å²) in [4.78, 5) is 17.6. The molecule has 0 atom stereocenters. The van der Waals surface area contributed by atoms with E-state index in [4.69, 9.17) is 0 Å². The van der Waals surface area contributed by atoms with Crippen molar-refractivity contribution in [3.05, 3.63) is 113 Å². The first-order chi connectivity index (χ1) is 14.6. The van der Waals surface area contributed by atoms with Gasteiger partial charge in [0.15, 0.2) is 0 Å². The van der Waals surface area contributed by atoms with Gasteiger partial charge >= 0.3 is 0 Å². The Morgan fingerprint density at radius 3 is 2.60 bits per heavy atom. The molecule has 4 aromatic rings. The summed E-state index contributed by atoms with van der Waals surface area (Å²) in [6, 6.07) is 21.7. The maximum Gasteiger partial charge on any atom is 0.256 e. The van der Waals surface area contributed by atoms with E-state index in [1.807, 2.05) is 67.6 Å². The van der Waals surface area contributed by atoms with Crippen molar-refractivity contribution in [3.63, 3.8) is 0 Å². The lowest BCUT2D eigenvalue weighted by Crippen LogP contribution is -2.16. The van der Waals surface area contributed by atoms with Gasteiger partial charge in [-0.1, -0.05) is 60.7 Å². The number of anilines is 1. The SMILES string of the molecule is Cc1cccc(C/C=C/c2ccc(F)cc2)c1C(=O)Nc1cccc2cccnc12. The van der Waals surface area contributed by atoms with E-state index in [-0.39, 0.29) is 11.7 Å². The average molecular weight is 396 g/mol. The standard InChI is InChI=1S/C26H21FN2O/c1-18-6-2-8-20(9-3-7-19-13-15-22(27)16-14-19)24(18)26(30)29-23-12-4-10-21-11-5-17-28-25(21)23/h2-8,10-17H,9H2,1H3,(H,29,30)/b7-3+. The Bertz CT molecular complexity index is 1220. The molecule has 1 heterocycles. The molecule has 3 aromatic carbocycles. The number of rotatable bonds is 5. The minimum absolute atomic E-state index is 0.156. The van der Waals surface area contributed by atoms with Crippen molar-refractivity contribution in [2.24, 2.45) is 0 Å². The lowest BCUT2D eigenvalue weighted by atomic mass is 9.98. The molecule has 0 bridgehead atoms. The molecule has 0 saturated heterocycles. The lowest BCUT2D eigenvalue weighted by Gasteiger charge is -2.13. The summed E-state index contributed by atoms with van der Waals surface area (Å²) in [7, 11) is 0. The predicted octanol–water partition coefficient (Wildman–Crippen LogP) is 6.19. The number of para-hydroxylation sites is 1. The summed E-state index contributed by atoms with van der Waals surface area (Å²) in [5, 5.41) is 4.00. The highest BCUT2D eigenvalue weighted by Crippen LogP contribution is 2.23. The monoisotopic (exact) mass is 396 g/mol. The molecule has 0 radical (unpaired) electrons. The number of allylic oxidation sites excluding steroid dienone is 1. The van der Waals surface area contributed by atoms with Gasteiger partial charge in [0, 0.05) is 17.1 Å². The molecule has 4 rings (SSSR count). The van der Waals surface area contributed by atoms with Crippen molar-refractivity contribution in [2.75, 3.05) is 5.32 Å². The second-order valence-corrected chi connectivity index (χ2v) is 7.10. The first-order valence-corrected chi connectivity index (χ1v) is 9.77. The molecular formula is C26H21FN2O. The van der Waals surface area contributed by atoms with Crippen LogP contribution in [0.25, 0.3) is 17.0 Å². The van der Waals surface area contributed by atoms with E-state index < -0.39 is 0 Å². The zero-order chi connectivity index (χ0) is 20.9. The first-order valence-electron chi connectivity index (χ1n) is 9.77. The Hall–Kier alpha value is -3.79. The van der Waals surface area contributed by atoms with Crippen LogP contribution < -0.4 is 5.32 Å². The molecule has 1 N–H and O–H groups in total. The summed E-state index contributed by atoms with van der Waals surface area (Å²) in [6.45, 7) is 1.93. The molecule has 148 valence electrons. The molecule has 1 amide bonds. The Morgan fingerprint density at radius 1 is 1.00 bits per heavy atom. The van der Waals surface area contributed by atoms with E-state index in [9.17, 15) is 9.18 Å². The number of fused-ring (bicyclic) bond motifs is 1. The molecule has 0 spiro atoms. The number of aromatic nitrogens is 1. The van der Waals surface area contributed by atoms with Crippen LogP contribution in [0.2, 0.25) is 0 Å². The van der Waals surface area contributed by atoms with Gasteiger partial charge in [-0.3, -0.25) is 9.78 Å². The lowest BCUT2D eigenvalue weighted by molar-refractivity contribution is 0.102. The summed E-state index contributed by atoms with van der Waals surface area (Å²) in [5.74, 6) is -0.413. The van der Waals surface area contributed by atoms with Crippen molar-refractivity contribution in [2.45, 2.75) is 13.3 Å². The second kappa shape index (κ2) is 8.70. The van der Waals surface area contributed by atoms with Gasteiger partial charge in [-0.05, 0) is 54.3 Å². The molecule has 3 nitrogen and oxygen atoms in total. The Morgan fingerprint density at radius 2 is 1.77 bits per heavy atom. The fourth-order valence-corrected chi connectivity index (χ4v) is 3.51. The molecule has 30 heavy (non-hydrogen) atoms. The minimum Gasteiger partial charge on any atom is -0.320 e. The molecule has 0 aliphatic heterocycles. The molecule has 4 heteroatoms. The second-order valence-electron chi connectivity index (χ2n) is 7.10. The van der Waals surface area contributed by atoms with Gasteiger partial charge in [0.1, 0.15) is 5.82 Å². The number of halogens is 1. The molecule has 0 unspecified atom stereocenters. The molecule has 1 aromatic heterocycles. The normalized spacial score (nSPS) is 11.1. The smallest absolute Gasteiger partial charge is 0.256 e. The number of aryl methyl sites for hydroxylation is 1. The van der Waals surface area contributed by atoms with E-state index in [0.717, 1.165) is 27.6 Å². The number of amides is 1. The van der Waals surface area contributed by atoms with Crippen LogP contribution >= 0.6 is 0 Å². The van der Waals surface area contributed by atoms with Crippen molar-refractivity contribution in [1.29, 1.82) is 0 Å². The van der Waals surface area contributed by atoms with Crippen LogP contribution in [0.3, 0.4) is 0 Å². The topological polar surface area (TPSA) is 42.0 Å². The maximum atomic E-state index is 13.2. The van der Waals surface area contributed by atoms with Crippen LogP contribution in [0.1, 0.15) is 27.0 Å². The molecular weight excluding hydrogens is 375 g/mol. The van der Waals surface area contributed by atoms with E-state index in [1.54, 1.807) is 18.3 Å². The number of hydrogen-bond acceptors (Lipinski definition) is 2. The van der Waals surface area contributed by atoms with Crippen molar-refractivity contribution < 1.29 is 9.18 Å². The van der Waals surface area contributed by atoms with Crippen LogP contribution in [0.15, 0.2) is 85.1 Å². The van der Waals surface area contributed by atoms with Gasteiger partial charge in [-0.15, -0.1) is 0 Å². The number of nitrogens with zero attached hydrogens (tertiary/aromatic N) is 1. The van der Waals surface area contributed by atoms with Crippen LogP contribution in [-0.2, 0) is 6.42 Å². The van der Waals surface area contributed by atoms with Crippen molar-refractivity contribution >= 4 is 28.6 Å². The zero-order valence-electron chi connectivity index (χ0n) is 16.6. The summed E-state index contributed by atoms with van der Waals surface area (Å²) < 4.78 is 13.1. The van der Waals surface area contributed by atoms with Crippen LogP contribution in [0, 0.1) is 12.7 Å². The van der Waals surface area contributed by atoms with Crippen molar-refractivity contribution in [3.8, 4) is 0 Å². The number of pyridine rings is 1.